The highest BCUT2D eigenvalue weighted by Crippen LogP contribution is 2.11. The van der Waals surface area contributed by atoms with E-state index < -0.39 is 0 Å². The summed E-state index contributed by atoms with van der Waals surface area (Å²) in [4.78, 5) is 4.16. The van der Waals surface area contributed by atoms with Gasteiger partial charge in [-0.15, -0.1) is 0 Å². The number of aryl methyl sites for hydroxylation is 1. The number of ether oxygens (including phenoxy) is 1. The van der Waals surface area contributed by atoms with E-state index in [1.54, 1.807) is 6.20 Å². The molecule has 1 aromatic heterocycles. The first-order valence-electron chi connectivity index (χ1n) is 4.61. The van der Waals surface area contributed by atoms with Gasteiger partial charge < -0.3 is 10.1 Å². The molecule has 70 valence electrons. The minimum absolute atomic E-state index is 0.682. The molecule has 1 saturated heterocycles. The van der Waals surface area contributed by atoms with E-state index in [1.165, 1.54) is 0 Å². The van der Waals surface area contributed by atoms with Gasteiger partial charge in [0.25, 0.3) is 0 Å². The van der Waals surface area contributed by atoms with E-state index in [2.05, 4.69) is 10.3 Å². The molecular formula is C10H14N2O. The molecule has 0 atom stereocenters. The molecular weight excluding hydrogens is 164 g/mol. The molecule has 0 bridgehead atoms. The van der Waals surface area contributed by atoms with Crippen molar-refractivity contribution in [2.24, 2.45) is 5.92 Å². The second kappa shape index (κ2) is 3.75. The van der Waals surface area contributed by atoms with Crippen molar-refractivity contribution in [3.8, 4) is 5.75 Å². The van der Waals surface area contributed by atoms with E-state index >= 15 is 0 Å². The van der Waals surface area contributed by atoms with Crippen molar-refractivity contribution in [3.63, 3.8) is 0 Å². The number of nitrogens with one attached hydrogen (secondary N) is 1. The lowest BCUT2D eigenvalue weighted by Gasteiger charge is -2.26. The number of rotatable bonds is 3. The minimum atomic E-state index is 0.682. The Morgan fingerprint density at radius 3 is 2.92 bits per heavy atom. The summed E-state index contributed by atoms with van der Waals surface area (Å²) in [5, 5.41) is 3.21. The fourth-order valence-corrected chi connectivity index (χ4v) is 1.22. The number of pyridine rings is 1. The zero-order chi connectivity index (χ0) is 9.10. The van der Waals surface area contributed by atoms with Gasteiger partial charge in [0.1, 0.15) is 5.75 Å². The van der Waals surface area contributed by atoms with Crippen molar-refractivity contribution < 1.29 is 4.74 Å². The van der Waals surface area contributed by atoms with Crippen molar-refractivity contribution >= 4 is 0 Å². The van der Waals surface area contributed by atoms with Crippen LogP contribution in [0.4, 0.5) is 0 Å². The molecule has 3 heteroatoms. The zero-order valence-corrected chi connectivity index (χ0v) is 7.79. The highest BCUT2D eigenvalue weighted by molar-refractivity contribution is 5.19. The average molecular weight is 178 g/mol. The maximum absolute atomic E-state index is 5.56. The van der Waals surface area contributed by atoms with Crippen molar-refractivity contribution in [3.05, 3.63) is 24.0 Å². The first-order chi connectivity index (χ1) is 6.34. The van der Waals surface area contributed by atoms with E-state index in [4.69, 9.17) is 4.74 Å². The Morgan fingerprint density at radius 1 is 1.54 bits per heavy atom. The van der Waals surface area contributed by atoms with Crippen LogP contribution in [0.5, 0.6) is 5.75 Å². The molecule has 1 N–H and O–H groups in total. The highest BCUT2D eigenvalue weighted by Gasteiger charge is 2.16. The second-order valence-electron chi connectivity index (χ2n) is 3.47. The number of aromatic nitrogens is 1. The van der Waals surface area contributed by atoms with Crippen LogP contribution in [0.2, 0.25) is 0 Å². The molecule has 1 fully saturated rings. The minimum Gasteiger partial charge on any atom is -0.492 e. The Bertz CT molecular complexity index is 267. The monoisotopic (exact) mass is 178 g/mol. The van der Waals surface area contributed by atoms with Crippen molar-refractivity contribution in [2.75, 3.05) is 19.7 Å². The molecule has 0 aliphatic carbocycles. The molecule has 13 heavy (non-hydrogen) atoms. The standard InChI is InChI=1S/C10H14N2O/c1-8-2-3-10(6-12-8)13-7-9-4-11-5-9/h2-3,6,9,11H,4-5,7H2,1H3. The predicted molar refractivity (Wildman–Crippen MR) is 50.8 cm³/mol. The maximum atomic E-state index is 5.56. The van der Waals surface area contributed by atoms with E-state index in [-0.39, 0.29) is 0 Å². The van der Waals surface area contributed by atoms with Crippen LogP contribution in [-0.4, -0.2) is 24.7 Å². The van der Waals surface area contributed by atoms with Crippen LogP contribution in [0.3, 0.4) is 0 Å². The van der Waals surface area contributed by atoms with Gasteiger partial charge in [0.15, 0.2) is 0 Å². The SMILES string of the molecule is Cc1ccc(OCC2CNC2)cn1. The van der Waals surface area contributed by atoms with Gasteiger partial charge in [0, 0.05) is 24.7 Å². The third-order valence-corrected chi connectivity index (χ3v) is 2.24. The molecule has 3 nitrogen and oxygen atoms in total. The molecule has 2 heterocycles. The first kappa shape index (κ1) is 8.51. The molecule has 0 radical (unpaired) electrons. The zero-order valence-electron chi connectivity index (χ0n) is 7.79. The van der Waals surface area contributed by atoms with Crippen LogP contribution in [-0.2, 0) is 0 Å². The van der Waals surface area contributed by atoms with Gasteiger partial charge >= 0.3 is 0 Å². The summed E-state index contributed by atoms with van der Waals surface area (Å²) >= 11 is 0. The van der Waals surface area contributed by atoms with Crippen LogP contribution < -0.4 is 10.1 Å². The van der Waals surface area contributed by atoms with Crippen LogP contribution in [0, 0.1) is 12.8 Å². The Morgan fingerprint density at radius 2 is 2.38 bits per heavy atom. The van der Waals surface area contributed by atoms with Crippen molar-refractivity contribution in [1.82, 2.24) is 10.3 Å². The maximum Gasteiger partial charge on any atom is 0.137 e. The summed E-state index contributed by atoms with van der Waals surface area (Å²) < 4.78 is 5.56. The van der Waals surface area contributed by atoms with Gasteiger partial charge in [-0.1, -0.05) is 0 Å². The molecule has 0 amide bonds. The van der Waals surface area contributed by atoms with Crippen LogP contribution in [0.25, 0.3) is 0 Å². The molecule has 0 saturated carbocycles. The van der Waals surface area contributed by atoms with Crippen LogP contribution >= 0.6 is 0 Å². The largest absolute Gasteiger partial charge is 0.492 e. The fraction of sp³-hybridized carbons (Fsp3) is 0.500. The van der Waals surface area contributed by atoms with Crippen molar-refractivity contribution in [2.45, 2.75) is 6.92 Å². The Hall–Kier alpha value is -1.09. The summed E-state index contributed by atoms with van der Waals surface area (Å²) in [6, 6.07) is 3.93. The Balaban J connectivity index is 1.83. The van der Waals surface area contributed by atoms with E-state index in [0.29, 0.717) is 5.92 Å². The summed E-state index contributed by atoms with van der Waals surface area (Å²) in [6.07, 6.45) is 1.78. The van der Waals surface area contributed by atoms with Crippen LogP contribution in [0.15, 0.2) is 18.3 Å². The van der Waals surface area contributed by atoms with Gasteiger partial charge in [-0.05, 0) is 19.1 Å². The molecule has 0 spiro atoms. The molecule has 1 aromatic rings. The molecule has 2 rings (SSSR count). The number of nitrogens with zero attached hydrogens (tertiary/aromatic N) is 1. The van der Waals surface area contributed by atoms with E-state index in [9.17, 15) is 0 Å². The third-order valence-electron chi connectivity index (χ3n) is 2.24. The molecule has 1 aliphatic heterocycles. The third kappa shape index (κ3) is 2.18. The lowest BCUT2D eigenvalue weighted by Crippen LogP contribution is -2.45. The summed E-state index contributed by atoms with van der Waals surface area (Å²) in [6.45, 7) is 4.94. The Kier molecular flexibility index (Phi) is 2.45. The van der Waals surface area contributed by atoms with Crippen molar-refractivity contribution in [1.29, 1.82) is 0 Å². The predicted octanol–water partition coefficient (Wildman–Crippen LogP) is 0.988. The van der Waals surface area contributed by atoms with Gasteiger partial charge in [-0.3, -0.25) is 4.98 Å². The summed E-state index contributed by atoms with van der Waals surface area (Å²) in [5.74, 6) is 1.55. The lowest BCUT2D eigenvalue weighted by molar-refractivity contribution is 0.198. The molecule has 0 unspecified atom stereocenters. The van der Waals surface area contributed by atoms with Gasteiger partial charge in [0.2, 0.25) is 0 Å². The summed E-state index contributed by atoms with van der Waals surface area (Å²) in [5.41, 5.74) is 1.03. The molecule has 0 aromatic carbocycles. The lowest BCUT2D eigenvalue weighted by atomic mass is 10.1. The topological polar surface area (TPSA) is 34.1 Å². The smallest absolute Gasteiger partial charge is 0.137 e. The highest BCUT2D eigenvalue weighted by atomic mass is 16.5. The van der Waals surface area contributed by atoms with E-state index in [0.717, 1.165) is 31.1 Å². The van der Waals surface area contributed by atoms with Gasteiger partial charge in [-0.25, -0.2) is 0 Å². The molecule has 1 aliphatic rings. The number of hydrogen-bond acceptors (Lipinski definition) is 3. The second-order valence-corrected chi connectivity index (χ2v) is 3.47. The fourth-order valence-electron chi connectivity index (χ4n) is 1.22. The Labute approximate surface area is 78.1 Å². The van der Waals surface area contributed by atoms with Gasteiger partial charge in [-0.2, -0.15) is 0 Å². The van der Waals surface area contributed by atoms with E-state index in [1.807, 2.05) is 19.1 Å². The number of hydrogen-bond donors (Lipinski definition) is 1. The van der Waals surface area contributed by atoms with Gasteiger partial charge in [0.05, 0.1) is 12.8 Å². The quantitative estimate of drug-likeness (QED) is 0.749. The normalized spacial score (nSPS) is 16.7. The summed E-state index contributed by atoms with van der Waals surface area (Å²) in [7, 11) is 0. The van der Waals surface area contributed by atoms with Crippen LogP contribution in [0.1, 0.15) is 5.69 Å². The average Bonchev–Trinajstić information content (AvgIpc) is 2.05. The first-order valence-corrected chi connectivity index (χ1v) is 4.61.